The van der Waals surface area contributed by atoms with Crippen LogP contribution in [0.5, 0.6) is 0 Å². The maximum atomic E-state index is 13.6. The Kier molecular flexibility index (Phi) is 5.26. The van der Waals surface area contributed by atoms with Crippen LogP contribution in [0.3, 0.4) is 0 Å². The van der Waals surface area contributed by atoms with Gasteiger partial charge in [0.1, 0.15) is 0 Å². The summed E-state index contributed by atoms with van der Waals surface area (Å²) < 4.78 is 34.3. The van der Waals surface area contributed by atoms with Crippen molar-refractivity contribution >= 4 is 0 Å². The summed E-state index contributed by atoms with van der Waals surface area (Å²) in [6.45, 7) is 3.30. The van der Waals surface area contributed by atoms with Crippen LogP contribution in [0.15, 0.2) is 6.20 Å². The first-order valence-corrected chi connectivity index (χ1v) is 8.59. The third kappa shape index (κ3) is 4.26. The minimum absolute atomic E-state index is 0.0394. The highest BCUT2D eigenvalue weighted by Gasteiger charge is 2.43. The summed E-state index contributed by atoms with van der Waals surface area (Å²) in [5.74, 6) is -2.99. The van der Waals surface area contributed by atoms with E-state index in [0.717, 1.165) is 38.2 Å². The first kappa shape index (κ1) is 16.8. The summed E-state index contributed by atoms with van der Waals surface area (Å²) in [6.07, 6.45) is 6.14. The van der Waals surface area contributed by atoms with Crippen LogP contribution in [0.4, 0.5) is 8.78 Å². The van der Waals surface area contributed by atoms with Crippen LogP contribution in [0.25, 0.3) is 0 Å². The molecule has 2 heterocycles. The molecule has 0 spiro atoms. The molecule has 1 aliphatic carbocycles. The van der Waals surface area contributed by atoms with Crippen LogP contribution in [0, 0.1) is 5.92 Å². The van der Waals surface area contributed by atoms with Crippen molar-refractivity contribution in [2.24, 2.45) is 5.92 Å². The molecule has 7 heteroatoms. The number of aromatic nitrogens is 3. The van der Waals surface area contributed by atoms with Crippen LogP contribution >= 0.6 is 0 Å². The number of halogens is 2. The average molecular weight is 328 g/mol. The molecule has 1 saturated carbocycles. The van der Waals surface area contributed by atoms with Gasteiger partial charge in [-0.05, 0) is 32.1 Å². The van der Waals surface area contributed by atoms with Gasteiger partial charge in [0.2, 0.25) is 0 Å². The van der Waals surface area contributed by atoms with E-state index < -0.39 is 11.8 Å². The van der Waals surface area contributed by atoms with Gasteiger partial charge in [0, 0.05) is 51.8 Å². The molecule has 3 rings (SSSR count). The van der Waals surface area contributed by atoms with Gasteiger partial charge in [-0.1, -0.05) is 5.21 Å². The fourth-order valence-corrected chi connectivity index (χ4v) is 3.70. The highest BCUT2D eigenvalue weighted by atomic mass is 19.3. The minimum atomic E-state index is -2.49. The maximum absolute atomic E-state index is 13.6. The van der Waals surface area contributed by atoms with Gasteiger partial charge >= 0.3 is 0 Å². The summed E-state index contributed by atoms with van der Waals surface area (Å²) in [4.78, 5) is 2.34. The van der Waals surface area contributed by atoms with Crippen LogP contribution < -0.4 is 0 Å². The van der Waals surface area contributed by atoms with Gasteiger partial charge in [-0.2, -0.15) is 0 Å². The molecule has 0 radical (unpaired) electrons. The van der Waals surface area contributed by atoms with Crippen LogP contribution in [0.1, 0.15) is 44.2 Å². The molecule has 2 aliphatic rings. The second-order valence-electron chi connectivity index (χ2n) is 6.82. The smallest absolute Gasteiger partial charge is 0.251 e. The molecular weight excluding hydrogens is 302 g/mol. The molecule has 23 heavy (non-hydrogen) atoms. The number of likely N-dealkylation sites (tertiary alicyclic amines) is 1. The van der Waals surface area contributed by atoms with E-state index in [9.17, 15) is 8.78 Å². The van der Waals surface area contributed by atoms with Crippen LogP contribution in [0.2, 0.25) is 0 Å². The van der Waals surface area contributed by atoms with E-state index in [1.807, 2.05) is 6.20 Å². The number of nitrogens with zero attached hydrogens (tertiary/aromatic N) is 4. The quantitative estimate of drug-likeness (QED) is 0.805. The Balaban J connectivity index is 1.45. The van der Waals surface area contributed by atoms with Crippen molar-refractivity contribution in [2.75, 3.05) is 20.2 Å². The Morgan fingerprint density at radius 3 is 2.74 bits per heavy atom. The number of rotatable bonds is 6. The first-order valence-electron chi connectivity index (χ1n) is 8.59. The zero-order valence-electron chi connectivity index (χ0n) is 13.8. The molecule has 2 fully saturated rings. The van der Waals surface area contributed by atoms with Crippen molar-refractivity contribution in [1.82, 2.24) is 19.9 Å². The van der Waals surface area contributed by atoms with Gasteiger partial charge in [-0.25, -0.2) is 8.78 Å². The number of hydrogen-bond donors (Lipinski definition) is 0. The summed E-state index contributed by atoms with van der Waals surface area (Å²) in [6, 6.07) is 0. The number of piperidine rings is 1. The molecule has 0 bridgehead atoms. The van der Waals surface area contributed by atoms with Crippen molar-refractivity contribution in [1.29, 1.82) is 0 Å². The van der Waals surface area contributed by atoms with E-state index >= 15 is 0 Å². The van der Waals surface area contributed by atoms with Gasteiger partial charge in [0.05, 0.1) is 11.8 Å². The first-order chi connectivity index (χ1) is 11.1. The topological polar surface area (TPSA) is 43.2 Å². The number of hydrogen-bond acceptors (Lipinski definition) is 4. The second kappa shape index (κ2) is 7.21. The fourth-order valence-electron chi connectivity index (χ4n) is 3.70. The minimum Gasteiger partial charge on any atom is -0.381 e. The van der Waals surface area contributed by atoms with E-state index in [-0.39, 0.29) is 6.42 Å². The average Bonchev–Trinajstić information content (AvgIpc) is 3.12. The molecule has 5 nitrogen and oxygen atoms in total. The van der Waals surface area contributed by atoms with Gasteiger partial charge in [0.25, 0.3) is 5.92 Å². The third-order valence-corrected chi connectivity index (χ3v) is 5.21. The molecule has 1 unspecified atom stereocenters. The van der Waals surface area contributed by atoms with Crippen molar-refractivity contribution in [3.05, 3.63) is 11.9 Å². The molecule has 1 atom stereocenters. The van der Waals surface area contributed by atoms with Gasteiger partial charge < -0.3 is 4.74 Å². The summed E-state index contributed by atoms with van der Waals surface area (Å²) in [5.41, 5.74) is 0.916. The number of aryl methyl sites for hydroxylation is 1. The number of methoxy groups -OCH3 is 1. The molecule has 0 aromatic carbocycles. The molecule has 0 N–H and O–H groups in total. The zero-order chi connectivity index (χ0) is 16.3. The van der Waals surface area contributed by atoms with E-state index in [4.69, 9.17) is 4.74 Å². The highest BCUT2D eigenvalue weighted by molar-refractivity contribution is 4.93. The molecule has 1 aliphatic heterocycles. The second-order valence-corrected chi connectivity index (χ2v) is 6.82. The molecule has 130 valence electrons. The van der Waals surface area contributed by atoms with E-state index in [2.05, 4.69) is 15.2 Å². The van der Waals surface area contributed by atoms with Crippen molar-refractivity contribution in [2.45, 2.75) is 63.6 Å². The Labute approximate surface area is 136 Å². The normalized spacial score (nSPS) is 26.0. The lowest BCUT2D eigenvalue weighted by atomic mass is 10.0. The van der Waals surface area contributed by atoms with E-state index in [1.54, 1.807) is 11.8 Å². The predicted octanol–water partition coefficient (Wildman–Crippen LogP) is 2.71. The Morgan fingerprint density at radius 1 is 1.30 bits per heavy atom. The number of alkyl halides is 2. The van der Waals surface area contributed by atoms with Crippen molar-refractivity contribution < 1.29 is 13.5 Å². The van der Waals surface area contributed by atoms with Gasteiger partial charge in [-0.3, -0.25) is 9.58 Å². The molecule has 1 saturated heterocycles. The van der Waals surface area contributed by atoms with Gasteiger partial charge in [-0.15, -0.1) is 5.10 Å². The predicted molar refractivity (Wildman–Crippen MR) is 82.2 cm³/mol. The van der Waals surface area contributed by atoms with Crippen LogP contribution in [-0.4, -0.2) is 52.1 Å². The van der Waals surface area contributed by atoms with Crippen molar-refractivity contribution in [3.8, 4) is 0 Å². The molecule has 0 amide bonds. The lowest BCUT2D eigenvalue weighted by molar-refractivity contribution is -0.0408. The Morgan fingerprint density at radius 2 is 2.09 bits per heavy atom. The SMILES string of the molecule is COC1CCN(Cc2cn(CCC3CCCC3(F)F)nn2)CC1. The summed E-state index contributed by atoms with van der Waals surface area (Å²) in [5, 5.41) is 8.28. The van der Waals surface area contributed by atoms with Crippen LogP contribution in [-0.2, 0) is 17.8 Å². The standard InChI is InChI=1S/C16H26F2N4O/c1-23-15-5-8-21(9-6-15)11-14-12-22(20-19-14)10-4-13-3-2-7-16(13,17)18/h12-13,15H,2-11H2,1H3. The number of ether oxygens (including phenoxy) is 1. The Bertz CT molecular complexity index is 500. The maximum Gasteiger partial charge on any atom is 0.251 e. The molecule has 1 aromatic heterocycles. The monoisotopic (exact) mass is 328 g/mol. The highest BCUT2D eigenvalue weighted by Crippen LogP contribution is 2.42. The third-order valence-electron chi connectivity index (χ3n) is 5.21. The lowest BCUT2D eigenvalue weighted by Gasteiger charge is -2.30. The van der Waals surface area contributed by atoms with Crippen molar-refractivity contribution in [3.63, 3.8) is 0 Å². The summed E-state index contributed by atoms with van der Waals surface area (Å²) >= 11 is 0. The van der Waals surface area contributed by atoms with E-state index in [1.165, 1.54) is 0 Å². The van der Waals surface area contributed by atoms with E-state index in [0.29, 0.717) is 31.9 Å². The molecule has 1 aromatic rings. The Hall–Kier alpha value is -1.08. The molecular formula is C16H26F2N4O. The summed E-state index contributed by atoms with van der Waals surface area (Å²) in [7, 11) is 1.76. The largest absolute Gasteiger partial charge is 0.381 e. The fraction of sp³-hybridized carbons (Fsp3) is 0.875. The lowest BCUT2D eigenvalue weighted by Crippen LogP contribution is -2.36. The van der Waals surface area contributed by atoms with Gasteiger partial charge in [0.15, 0.2) is 0 Å². The zero-order valence-corrected chi connectivity index (χ0v) is 13.8.